The van der Waals surface area contributed by atoms with E-state index in [-0.39, 0.29) is 5.91 Å². The normalized spacial score (nSPS) is 11.3. The van der Waals surface area contributed by atoms with Crippen LogP contribution in [0.15, 0.2) is 12.2 Å². The van der Waals surface area contributed by atoms with Crippen LogP contribution in [0, 0.1) is 0 Å². The van der Waals surface area contributed by atoms with E-state index < -0.39 is 0 Å². The molecule has 24 heavy (non-hydrogen) atoms. The summed E-state index contributed by atoms with van der Waals surface area (Å²) in [6, 6.07) is 0. The smallest absolute Gasteiger partial charge is 0.236 e. The standard InChI is InChI=1S/C21H42N2O/c1-3-5-6-7-8-9-10-11-12-13-14-15-16-17-18-19-21(24)23(22)20-4-2/h11-12H,3-10,13-20,22H2,1-2H3/b12-11-. The van der Waals surface area contributed by atoms with Crippen LogP contribution in [0.3, 0.4) is 0 Å². The van der Waals surface area contributed by atoms with Gasteiger partial charge in [0.15, 0.2) is 0 Å². The second-order valence-electron chi connectivity index (χ2n) is 6.92. The molecular weight excluding hydrogens is 296 g/mol. The third-order valence-corrected chi connectivity index (χ3v) is 4.44. The Bertz CT molecular complexity index is 302. The van der Waals surface area contributed by atoms with Crippen molar-refractivity contribution in [1.82, 2.24) is 5.01 Å². The molecule has 2 N–H and O–H groups in total. The number of carbonyl (C=O) groups is 1. The molecule has 142 valence electrons. The van der Waals surface area contributed by atoms with E-state index in [0.717, 1.165) is 19.3 Å². The predicted octanol–water partition coefficient (Wildman–Crippen LogP) is 6.14. The lowest BCUT2D eigenvalue weighted by atomic mass is 10.1. The van der Waals surface area contributed by atoms with Gasteiger partial charge in [0.2, 0.25) is 5.91 Å². The highest BCUT2D eigenvalue weighted by atomic mass is 16.2. The van der Waals surface area contributed by atoms with Crippen LogP contribution < -0.4 is 5.84 Å². The monoisotopic (exact) mass is 338 g/mol. The molecule has 0 aliphatic rings. The van der Waals surface area contributed by atoms with E-state index in [1.807, 2.05) is 6.92 Å². The summed E-state index contributed by atoms with van der Waals surface area (Å²) in [5.74, 6) is 5.76. The third-order valence-electron chi connectivity index (χ3n) is 4.44. The van der Waals surface area contributed by atoms with Gasteiger partial charge in [0.05, 0.1) is 0 Å². The second kappa shape index (κ2) is 18.5. The SMILES string of the molecule is CCCCCCCC/C=C\CCCCCCCC(=O)N(N)CCC. The van der Waals surface area contributed by atoms with Crippen LogP contribution in [0.4, 0.5) is 0 Å². The average molecular weight is 339 g/mol. The molecule has 0 aliphatic carbocycles. The molecule has 0 heterocycles. The molecule has 0 aromatic carbocycles. The van der Waals surface area contributed by atoms with Gasteiger partial charge in [-0.1, -0.05) is 77.4 Å². The Morgan fingerprint density at radius 3 is 1.79 bits per heavy atom. The minimum Gasteiger partial charge on any atom is -0.281 e. The first kappa shape index (κ1) is 23.2. The minimum absolute atomic E-state index is 0.0921. The van der Waals surface area contributed by atoms with Crippen molar-refractivity contribution in [3.8, 4) is 0 Å². The maximum absolute atomic E-state index is 11.7. The molecule has 0 saturated heterocycles. The number of nitrogens with two attached hydrogens (primary N) is 1. The molecule has 0 aliphatic heterocycles. The van der Waals surface area contributed by atoms with Gasteiger partial charge in [-0.2, -0.15) is 0 Å². The Morgan fingerprint density at radius 2 is 1.25 bits per heavy atom. The van der Waals surface area contributed by atoms with E-state index in [9.17, 15) is 4.79 Å². The molecule has 0 fully saturated rings. The zero-order chi connectivity index (χ0) is 17.9. The largest absolute Gasteiger partial charge is 0.281 e. The first-order chi connectivity index (χ1) is 11.7. The first-order valence-corrected chi connectivity index (χ1v) is 10.4. The molecule has 0 atom stereocenters. The molecule has 0 spiro atoms. The molecule has 0 unspecified atom stereocenters. The summed E-state index contributed by atoms with van der Waals surface area (Å²) in [4.78, 5) is 11.7. The minimum atomic E-state index is 0.0921. The van der Waals surface area contributed by atoms with Crippen molar-refractivity contribution in [3.63, 3.8) is 0 Å². The highest BCUT2D eigenvalue weighted by Gasteiger charge is 2.06. The van der Waals surface area contributed by atoms with Crippen molar-refractivity contribution in [2.45, 2.75) is 110 Å². The van der Waals surface area contributed by atoms with Crippen LogP contribution in [-0.4, -0.2) is 17.5 Å². The number of hydrogen-bond acceptors (Lipinski definition) is 2. The average Bonchev–Trinajstić information content (AvgIpc) is 2.58. The molecule has 3 nitrogen and oxygen atoms in total. The molecule has 0 aromatic heterocycles. The van der Waals surface area contributed by atoms with Gasteiger partial charge in [0.25, 0.3) is 0 Å². The van der Waals surface area contributed by atoms with Gasteiger partial charge >= 0.3 is 0 Å². The van der Waals surface area contributed by atoms with Gasteiger partial charge in [-0.05, 0) is 38.5 Å². The van der Waals surface area contributed by atoms with E-state index in [1.165, 1.54) is 75.6 Å². The fourth-order valence-corrected chi connectivity index (χ4v) is 2.86. The Hall–Kier alpha value is -0.830. The molecule has 3 heteroatoms. The number of hydrogen-bond donors (Lipinski definition) is 1. The van der Waals surface area contributed by atoms with Gasteiger partial charge in [0.1, 0.15) is 0 Å². The Balaban J connectivity index is 3.24. The van der Waals surface area contributed by atoms with E-state index in [4.69, 9.17) is 5.84 Å². The van der Waals surface area contributed by atoms with Gasteiger partial charge in [0, 0.05) is 13.0 Å². The summed E-state index contributed by atoms with van der Waals surface area (Å²) < 4.78 is 0. The van der Waals surface area contributed by atoms with Crippen LogP contribution in [0.1, 0.15) is 110 Å². The number of carbonyl (C=O) groups excluding carboxylic acids is 1. The first-order valence-electron chi connectivity index (χ1n) is 10.4. The number of amides is 1. The van der Waals surface area contributed by atoms with Gasteiger partial charge in [-0.25, -0.2) is 5.84 Å². The molecule has 0 bridgehead atoms. The summed E-state index contributed by atoms with van der Waals surface area (Å²) in [7, 11) is 0. The quantitative estimate of drug-likeness (QED) is 0.114. The van der Waals surface area contributed by atoms with Gasteiger partial charge in [-0.3, -0.25) is 9.80 Å². The number of unbranched alkanes of at least 4 members (excludes halogenated alkanes) is 11. The van der Waals surface area contributed by atoms with E-state index in [0.29, 0.717) is 13.0 Å². The number of rotatable bonds is 17. The molecule has 0 rings (SSSR count). The van der Waals surface area contributed by atoms with E-state index in [1.54, 1.807) is 0 Å². The number of nitrogens with zero attached hydrogens (tertiary/aromatic N) is 1. The molecule has 0 saturated carbocycles. The maximum atomic E-state index is 11.7. The summed E-state index contributed by atoms with van der Waals surface area (Å²) in [6.45, 7) is 4.97. The van der Waals surface area contributed by atoms with Crippen LogP contribution in [-0.2, 0) is 4.79 Å². The Labute approximate surface area is 151 Å². The van der Waals surface area contributed by atoms with Crippen LogP contribution in [0.25, 0.3) is 0 Å². The van der Waals surface area contributed by atoms with Crippen LogP contribution in [0.2, 0.25) is 0 Å². The fraction of sp³-hybridized carbons (Fsp3) is 0.857. The Morgan fingerprint density at radius 1 is 0.750 bits per heavy atom. The third kappa shape index (κ3) is 16.0. The second-order valence-corrected chi connectivity index (χ2v) is 6.92. The van der Waals surface area contributed by atoms with Gasteiger partial charge in [-0.15, -0.1) is 0 Å². The molecule has 0 radical (unpaired) electrons. The maximum Gasteiger partial charge on any atom is 0.236 e. The van der Waals surface area contributed by atoms with Crippen molar-refractivity contribution in [1.29, 1.82) is 0 Å². The summed E-state index contributed by atoms with van der Waals surface area (Å²) in [6.07, 6.45) is 22.9. The zero-order valence-corrected chi connectivity index (χ0v) is 16.4. The van der Waals surface area contributed by atoms with E-state index in [2.05, 4.69) is 19.1 Å². The van der Waals surface area contributed by atoms with Gasteiger partial charge < -0.3 is 0 Å². The van der Waals surface area contributed by atoms with Crippen molar-refractivity contribution in [3.05, 3.63) is 12.2 Å². The lowest BCUT2D eigenvalue weighted by molar-refractivity contribution is -0.131. The zero-order valence-electron chi connectivity index (χ0n) is 16.4. The topological polar surface area (TPSA) is 46.3 Å². The predicted molar refractivity (Wildman–Crippen MR) is 106 cm³/mol. The van der Waals surface area contributed by atoms with E-state index >= 15 is 0 Å². The summed E-state index contributed by atoms with van der Waals surface area (Å²) >= 11 is 0. The van der Waals surface area contributed by atoms with Crippen molar-refractivity contribution >= 4 is 5.91 Å². The van der Waals surface area contributed by atoms with Crippen LogP contribution >= 0.6 is 0 Å². The number of allylic oxidation sites excluding steroid dienone is 2. The number of hydrazine groups is 1. The Kier molecular flexibility index (Phi) is 17.9. The molecular formula is C21H42N2O. The van der Waals surface area contributed by atoms with Crippen molar-refractivity contribution < 1.29 is 4.79 Å². The molecule has 1 amide bonds. The fourth-order valence-electron chi connectivity index (χ4n) is 2.86. The lowest BCUT2D eigenvalue weighted by Crippen LogP contribution is -2.37. The summed E-state index contributed by atoms with van der Waals surface area (Å²) in [5.41, 5.74) is 0. The highest BCUT2D eigenvalue weighted by Crippen LogP contribution is 2.10. The van der Waals surface area contributed by atoms with Crippen LogP contribution in [0.5, 0.6) is 0 Å². The van der Waals surface area contributed by atoms with Crippen molar-refractivity contribution in [2.24, 2.45) is 5.84 Å². The highest BCUT2D eigenvalue weighted by molar-refractivity contribution is 5.75. The molecule has 0 aromatic rings. The lowest BCUT2D eigenvalue weighted by Gasteiger charge is -2.15. The van der Waals surface area contributed by atoms with Crippen molar-refractivity contribution in [2.75, 3.05) is 6.54 Å². The summed E-state index contributed by atoms with van der Waals surface area (Å²) in [5, 5.41) is 1.37.